The maximum atomic E-state index is 12.0. The Kier molecular flexibility index (Phi) is 11.6. The number of hydrogen-bond donors (Lipinski definition) is 4. The summed E-state index contributed by atoms with van der Waals surface area (Å²) in [5, 5.41) is 18.1. The summed E-state index contributed by atoms with van der Waals surface area (Å²) in [6, 6.07) is 29.6. The summed E-state index contributed by atoms with van der Waals surface area (Å²) in [4.78, 5) is -0.624. The molecule has 0 aliphatic heterocycles. The number of anilines is 2. The predicted molar refractivity (Wildman–Crippen MR) is 191 cm³/mol. The predicted octanol–water partition coefficient (Wildman–Crippen LogP) is 6.85. The van der Waals surface area contributed by atoms with E-state index in [1.54, 1.807) is 72.8 Å². The number of hydrogen-bond acceptors (Lipinski definition) is 10. The average molecular weight is 701 g/mol. The third-order valence-electron chi connectivity index (χ3n) is 7.22. The molecule has 0 atom stereocenters. The van der Waals surface area contributed by atoms with Gasteiger partial charge in [-0.1, -0.05) is 72.8 Å². The SMILES string of the molecule is Nc1c(N=Nc2ccc(-c3ccc(N=Nc4cc(S(=O)(=O)O)c5ccccc5c4N)cc3)cc2)cc(S(=O)(=O)O)c2ccccc12.[NaH].[NaH]. The molecule has 0 saturated heterocycles. The van der Waals surface area contributed by atoms with Gasteiger partial charge in [0.15, 0.2) is 0 Å². The standard InChI is InChI=1S/C32H24N6O6S2.2Na.2H/c33-31-25-7-3-1-5-23(25)29(45(39,40)41)17-27(31)37-35-21-13-9-19(10-14-21)20-11-15-22(16-12-20)36-38-28-18-30(46(42,43)44)24-6-2-4-8-26(24)32(28)34;;;;/h1-18H,33-34H2,(H,39,40,41)(H,42,43,44);;;;. The van der Waals surface area contributed by atoms with Crippen LogP contribution in [0.1, 0.15) is 0 Å². The Morgan fingerprint density at radius 3 is 1.08 bits per heavy atom. The zero-order chi connectivity index (χ0) is 32.6. The summed E-state index contributed by atoms with van der Waals surface area (Å²) in [7, 11) is -9.07. The number of nitrogens with two attached hydrogens (primary N) is 2. The normalized spacial score (nSPS) is 12.0. The third-order valence-corrected chi connectivity index (χ3v) is 9.01. The molecular weight excluding hydrogens is 675 g/mol. The maximum absolute atomic E-state index is 12.0. The van der Waals surface area contributed by atoms with Crippen LogP contribution in [0.25, 0.3) is 32.7 Å². The number of nitrogen functional groups attached to an aromatic ring is 2. The Bertz CT molecular complexity index is 2270. The number of azo groups is 2. The second-order valence-electron chi connectivity index (χ2n) is 10.2. The molecule has 0 fully saturated rings. The molecule has 0 aliphatic carbocycles. The molecule has 16 heteroatoms. The van der Waals surface area contributed by atoms with Crippen LogP contribution in [0.3, 0.4) is 0 Å². The fraction of sp³-hybridized carbons (Fsp3) is 0. The first-order valence-electron chi connectivity index (χ1n) is 13.5. The molecule has 234 valence electrons. The van der Waals surface area contributed by atoms with Gasteiger partial charge in [-0.3, -0.25) is 9.11 Å². The Morgan fingerprint density at radius 1 is 0.458 bits per heavy atom. The van der Waals surface area contributed by atoms with Crippen LogP contribution in [-0.4, -0.2) is 85.1 Å². The molecule has 6 rings (SSSR count). The van der Waals surface area contributed by atoms with Gasteiger partial charge in [-0.15, -0.1) is 10.2 Å². The molecule has 0 saturated carbocycles. The molecule has 0 aliphatic rings. The van der Waals surface area contributed by atoms with E-state index in [0.717, 1.165) is 11.1 Å². The minimum absolute atomic E-state index is 0. The van der Waals surface area contributed by atoms with Gasteiger partial charge in [0.2, 0.25) is 0 Å². The molecule has 0 amide bonds. The zero-order valence-electron chi connectivity index (χ0n) is 23.7. The van der Waals surface area contributed by atoms with E-state index in [4.69, 9.17) is 11.5 Å². The molecule has 6 aromatic rings. The topological polar surface area (TPSA) is 210 Å². The van der Waals surface area contributed by atoms with Crippen molar-refractivity contribution in [2.45, 2.75) is 9.79 Å². The molecule has 0 heterocycles. The van der Waals surface area contributed by atoms with E-state index in [-0.39, 0.29) is 102 Å². The number of fused-ring (bicyclic) bond motifs is 2. The first kappa shape index (κ1) is 37.3. The van der Waals surface area contributed by atoms with Crippen LogP contribution in [0, 0.1) is 0 Å². The number of nitrogens with zero attached hydrogens (tertiary/aromatic N) is 4. The van der Waals surface area contributed by atoms with Crippen LogP contribution >= 0.6 is 0 Å². The van der Waals surface area contributed by atoms with Gasteiger partial charge in [-0.25, -0.2) is 0 Å². The quantitative estimate of drug-likeness (QED) is 0.0597. The summed E-state index contributed by atoms with van der Waals surface area (Å²) in [6.45, 7) is 0. The van der Waals surface area contributed by atoms with Crippen LogP contribution in [0.2, 0.25) is 0 Å². The number of benzene rings is 6. The van der Waals surface area contributed by atoms with E-state index >= 15 is 0 Å². The van der Waals surface area contributed by atoms with Crippen molar-refractivity contribution in [1.82, 2.24) is 0 Å². The first-order valence-corrected chi connectivity index (χ1v) is 16.4. The van der Waals surface area contributed by atoms with E-state index in [9.17, 15) is 25.9 Å². The summed E-state index contributed by atoms with van der Waals surface area (Å²) in [6.07, 6.45) is 0. The van der Waals surface area contributed by atoms with Crippen molar-refractivity contribution >= 4 is 135 Å². The van der Waals surface area contributed by atoms with Gasteiger partial charge in [0.25, 0.3) is 20.2 Å². The van der Waals surface area contributed by atoms with Gasteiger partial charge >= 0.3 is 59.1 Å². The zero-order valence-corrected chi connectivity index (χ0v) is 25.3. The monoisotopic (exact) mass is 700 g/mol. The fourth-order valence-electron chi connectivity index (χ4n) is 4.96. The average Bonchev–Trinajstić information content (AvgIpc) is 3.04. The molecule has 48 heavy (non-hydrogen) atoms. The summed E-state index contributed by atoms with van der Waals surface area (Å²) in [5.41, 5.74) is 15.8. The van der Waals surface area contributed by atoms with E-state index in [2.05, 4.69) is 20.5 Å². The van der Waals surface area contributed by atoms with Crippen molar-refractivity contribution in [3.05, 3.63) is 109 Å². The Labute approximate surface area is 320 Å². The molecule has 6 aromatic carbocycles. The van der Waals surface area contributed by atoms with E-state index in [1.807, 2.05) is 24.3 Å². The van der Waals surface area contributed by atoms with Gasteiger partial charge in [-0.2, -0.15) is 27.1 Å². The van der Waals surface area contributed by atoms with Crippen LogP contribution in [0.15, 0.2) is 139 Å². The van der Waals surface area contributed by atoms with Crippen molar-refractivity contribution in [2.75, 3.05) is 11.5 Å². The molecule has 0 radical (unpaired) electrons. The van der Waals surface area contributed by atoms with Gasteiger partial charge in [0.1, 0.15) is 21.2 Å². The third kappa shape index (κ3) is 7.84. The van der Waals surface area contributed by atoms with Gasteiger partial charge in [0, 0.05) is 21.5 Å². The molecular formula is C32H26N6Na2O6S2. The molecule has 12 nitrogen and oxygen atoms in total. The summed E-state index contributed by atoms with van der Waals surface area (Å²) < 4.78 is 67.4. The van der Waals surface area contributed by atoms with E-state index in [1.165, 1.54) is 12.1 Å². The Hall–Kier alpha value is -3.54. The fourth-order valence-corrected chi connectivity index (χ4v) is 6.39. The van der Waals surface area contributed by atoms with Crippen LogP contribution in [-0.2, 0) is 20.2 Å². The van der Waals surface area contributed by atoms with Crippen LogP contribution < -0.4 is 11.5 Å². The van der Waals surface area contributed by atoms with Gasteiger partial charge in [0.05, 0.1) is 22.7 Å². The van der Waals surface area contributed by atoms with Crippen molar-refractivity contribution in [1.29, 1.82) is 0 Å². The van der Waals surface area contributed by atoms with Gasteiger partial charge in [-0.05, 0) is 47.5 Å². The van der Waals surface area contributed by atoms with Crippen molar-refractivity contribution in [3.8, 4) is 11.1 Å². The van der Waals surface area contributed by atoms with Crippen molar-refractivity contribution in [2.24, 2.45) is 20.5 Å². The first-order chi connectivity index (χ1) is 21.9. The molecule has 0 spiro atoms. The van der Waals surface area contributed by atoms with Crippen LogP contribution in [0.4, 0.5) is 34.1 Å². The van der Waals surface area contributed by atoms with Crippen molar-refractivity contribution in [3.63, 3.8) is 0 Å². The Balaban J connectivity index is 0.00000260. The molecule has 6 N–H and O–H groups in total. The second kappa shape index (κ2) is 14.9. The summed E-state index contributed by atoms with van der Waals surface area (Å²) >= 11 is 0. The van der Waals surface area contributed by atoms with E-state index < -0.39 is 20.2 Å². The Morgan fingerprint density at radius 2 is 0.771 bits per heavy atom. The number of rotatable bonds is 7. The van der Waals surface area contributed by atoms with Crippen molar-refractivity contribution < 1.29 is 25.9 Å². The molecule has 0 bridgehead atoms. The summed E-state index contributed by atoms with van der Waals surface area (Å²) in [5.74, 6) is 0. The van der Waals surface area contributed by atoms with E-state index in [0.29, 0.717) is 22.1 Å². The van der Waals surface area contributed by atoms with Crippen LogP contribution in [0.5, 0.6) is 0 Å². The second-order valence-corrected chi connectivity index (χ2v) is 12.9. The minimum atomic E-state index is -4.53. The van der Waals surface area contributed by atoms with Gasteiger partial charge < -0.3 is 11.5 Å². The molecule has 0 unspecified atom stereocenters. The molecule has 0 aromatic heterocycles.